The van der Waals surface area contributed by atoms with Gasteiger partial charge in [0, 0.05) is 30.7 Å². The van der Waals surface area contributed by atoms with Gasteiger partial charge in [-0.05, 0) is 87.3 Å². The molecule has 0 bridgehead atoms. The SMILES string of the molecule is CC(C)S(=O)(=O)NC1CCC(CNc2ccc(Cc3ccncc3)cc2)CC1. The van der Waals surface area contributed by atoms with Crippen LogP contribution in [-0.2, 0) is 16.4 Å². The monoisotopic (exact) mass is 401 g/mol. The Balaban J connectivity index is 1.42. The van der Waals surface area contributed by atoms with E-state index in [9.17, 15) is 8.42 Å². The van der Waals surface area contributed by atoms with Gasteiger partial charge in [0.1, 0.15) is 0 Å². The lowest BCUT2D eigenvalue weighted by Crippen LogP contribution is -2.41. The van der Waals surface area contributed by atoms with E-state index in [0.717, 1.165) is 44.3 Å². The molecular weight excluding hydrogens is 370 g/mol. The molecule has 1 fully saturated rings. The number of nitrogens with zero attached hydrogens (tertiary/aromatic N) is 1. The van der Waals surface area contributed by atoms with E-state index in [1.54, 1.807) is 13.8 Å². The Kier molecular flexibility index (Phi) is 7.08. The van der Waals surface area contributed by atoms with Crippen molar-refractivity contribution in [3.63, 3.8) is 0 Å². The highest BCUT2D eigenvalue weighted by Gasteiger charge is 2.26. The van der Waals surface area contributed by atoms with Crippen molar-refractivity contribution in [3.05, 3.63) is 59.9 Å². The summed E-state index contributed by atoms with van der Waals surface area (Å²) in [5, 5.41) is 3.17. The fourth-order valence-corrected chi connectivity index (χ4v) is 4.56. The van der Waals surface area contributed by atoms with Crippen molar-refractivity contribution in [2.75, 3.05) is 11.9 Å². The van der Waals surface area contributed by atoms with E-state index >= 15 is 0 Å². The molecule has 0 unspecified atom stereocenters. The number of pyridine rings is 1. The minimum atomic E-state index is -3.17. The molecule has 0 saturated heterocycles. The van der Waals surface area contributed by atoms with Gasteiger partial charge < -0.3 is 5.32 Å². The predicted molar refractivity (Wildman–Crippen MR) is 115 cm³/mol. The highest BCUT2D eigenvalue weighted by atomic mass is 32.2. The maximum absolute atomic E-state index is 12.0. The normalized spacial score (nSPS) is 20.2. The molecule has 1 aliphatic carbocycles. The molecule has 152 valence electrons. The lowest BCUT2D eigenvalue weighted by molar-refractivity contribution is 0.323. The number of hydrogen-bond acceptors (Lipinski definition) is 4. The largest absolute Gasteiger partial charge is 0.385 e. The first-order chi connectivity index (χ1) is 13.4. The van der Waals surface area contributed by atoms with Crippen LogP contribution in [0.25, 0.3) is 0 Å². The second kappa shape index (κ2) is 9.52. The summed E-state index contributed by atoms with van der Waals surface area (Å²) in [6, 6.07) is 12.8. The number of rotatable bonds is 8. The number of anilines is 1. The van der Waals surface area contributed by atoms with Crippen molar-refractivity contribution in [2.45, 2.75) is 57.2 Å². The van der Waals surface area contributed by atoms with Gasteiger partial charge in [-0.25, -0.2) is 13.1 Å². The quantitative estimate of drug-likeness (QED) is 0.702. The molecule has 0 radical (unpaired) electrons. The molecule has 0 spiro atoms. The van der Waals surface area contributed by atoms with E-state index < -0.39 is 10.0 Å². The zero-order chi connectivity index (χ0) is 20.0. The summed E-state index contributed by atoms with van der Waals surface area (Å²) >= 11 is 0. The maximum Gasteiger partial charge on any atom is 0.214 e. The molecule has 0 aliphatic heterocycles. The van der Waals surface area contributed by atoms with E-state index in [1.165, 1.54) is 11.1 Å². The summed E-state index contributed by atoms with van der Waals surface area (Å²) in [6.07, 6.45) is 8.52. The van der Waals surface area contributed by atoms with Crippen LogP contribution in [0.15, 0.2) is 48.8 Å². The van der Waals surface area contributed by atoms with Crippen molar-refractivity contribution < 1.29 is 8.42 Å². The van der Waals surface area contributed by atoms with Gasteiger partial charge in [-0.15, -0.1) is 0 Å². The predicted octanol–water partition coefficient (Wildman–Crippen LogP) is 3.97. The van der Waals surface area contributed by atoms with Gasteiger partial charge in [0.15, 0.2) is 0 Å². The summed E-state index contributed by atoms with van der Waals surface area (Å²) in [7, 11) is -3.17. The molecule has 2 aromatic rings. The zero-order valence-corrected chi connectivity index (χ0v) is 17.6. The van der Waals surface area contributed by atoms with Crippen LogP contribution in [-0.4, -0.2) is 31.2 Å². The lowest BCUT2D eigenvalue weighted by Gasteiger charge is -2.29. The molecule has 1 saturated carbocycles. The lowest BCUT2D eigenvalue weighted by atomic mass is 9.86. The second-order valence-electron chi connectivity index (χ2n) is 8.04. The highest BCUT2D eigenvalue weighted by Crippen LogP contribution is 2.25. The molecule has 1 heterocycles. The number of aromatic nitrogens is 1. The van der Waals surface area contributed by atoms with Crippen molar-refractivity contribution in [2.24, 2.45) is 5.92 Å². The third kappa shape index (κ3) is 6.04. The van der Waals surface area contributed by atoms with Crippen LogP contribution in [0.2, 0.25) is 0 Å². The van der Waals surface area contributed by atoms with E-state index in [-0.39, 0.29) is 11.3 Å². The number of hydrogen-bond donors (Lipinski definition) is 2. The Morgan fingerprint density at radius 3 is 2.18 bits per heavy atom. The molecule has 2 N–H and O–H groups in total. The first kappa shape index (κ1) is 20.8. The fraction of sp³-hybridized carbons (Fsp3) is 0.500. The average Bonchev–Trinajstić information content (AvgIpc) is 2.69. The number of nitrogens with one attached hydrogen (secondary N) is 2. The van der Waals surface area contributed by atoms with E-state index in [1.807, 2.05) is 24.5 Å². The van der Waals surface area contributed by atoms with Crippen LogP contribution >= 0.6 is 0 Å². The summed E-state index contributed by atoms with van der Waals surface area (Å²) < 4.78 is 26.9. The second-order valence-corrected chi connectivity index (χ2v) is 10.3. The maximum atomic E-state index is 12.0. The van der Waals surface area contributed by atoms with Crippen molar-refractivity contribution in [1.82, 2.24) is 9.71 Å². The van der Waals surface area contributed by atoms with Crippen LogP contribution in [0.3, 0.4) is 0 Å². The molecule has 0 amide bonds. The topological polar surface area (TPSA) is 71.1 Å². The standard InChI is InChI=1S/C22H31N3O2S/c1-17(2)28(26,27)25-22-9-5-20(6-10-22)16-24-21-7-3-18(4-8-21)15-19-11-13-23-14-12-19/h3-4,7-8,11-14,17,20,22,24-25H,5-6,9-10,15-16H2,1-2H3. The van der Waals surface area contributed by atoms with E-state index in [0.29, 0.717) is 5.92 Å². The fourth-order valence-electron chi connectivity index (χ4n) is 3.59. The molecule has 1 aromatic heterocycles. The van der Waals surface area contributed by atoms with E-state index in [4.69, 9.17) is 0 Å². The summed E-state index contributed by atoms with van der Waals surface area (Å²) in [6.45, 7) is 4.38. The van der Waals surface area contributed by atoms with Crippen LogP contribution < -0.4 is 10.0 Å². The smallest absolute Gasteiger partial charge is 0.214 e. The average molecular weight is 402 g/mol. The first-order valence-corrected chi connectivity index (χ1v) is 11.7. The molecule has 28 heavy (non-hydrogen) atoms. The summed E-state index contributed by atoms with van der Waals surface area (Å²) in [5.74, 6) is 0.594. The third-order valence-electron chi connectivity index (χ3n) is 5.50. The van der Waals surface area contributed by atoms with Crippen molar-refractivity contribution in [3.8, 4) is 0 Å². The minimum absolute atomic E-state index is 0.0936. The Labute approximate surface area is 169 Å². The van der Waals surface area contributed by atoms with Gasteiger partial charge >= 0.3 is 0 Å². The molecule has 5 nitrogen and oxygen atoms in total. The Bertz CT molecular complexity index is 828. The van der Waals surface area contributed by atoms with Crippen molar-refractivity contribution in [1.29, 1.82) is 0 Å². The molecule has 3 rings (SSSR count). The Morgan fingerprint density at radius 2 is 1.57 bits per heavy atom. The molecule has 0 atom stereocenters. The van der Waals surface area contributed by atoms with Crippen LogP contribution in [0.5, 0.6) is 0 Å². The summed E-state index contributed by atoms with van der Waals surface area (Å²) in [4.78, 5) is 4.06. The van der Waals surface area contributed by atoms with Gasteiger partial charge in [0.2, 0.25) is 10.0 Å². The zero-order valence-electron chi connectivity index (χ0n) is 16.8. The van der Waals surface area contributed by atoms with E-state index in [2.05, 4.69) is 39.3 Å². The molecular formula is C22H31N3O2S. The van der Waals surface area contributed by atoms with Gasteiger partial charge in [-0.1, -0.05) is 12.1 Å². The Hall–Kier alpha value is -1.92. The minimum Gasteiger partial charge on any atom is -0.385 e. The van der Waals surface area contributed by atoms with Crippen molar-refractivity contribution >= 4 is 15.7 Å². The number of benzene rings is 1. The third-order valence-corrected chi connectivity index (χ3v) is 7.41. The van der Waals surface area contributed by atoms with Gasteiger partial charge in [-0.3, -0.25) is 4.98 Å². The molecule has 6 heteroatoms. The number of sulfonamides is 1. The first-order valence-electron chi connectivity index (χ1n) is 10.2. The summed E-state index contributed by atoms with van der Waals surface area (Å²) in [5.41, 5.74) is 3.69. The van der Waals surface area contributed by atoms with Gasteiger partial charge in [0.25, 0.3) is 0 Å². The van der Waals surface area contributed by atoms with Crippen LogP contribution in [0.4, 0.5) is 5.69 Å². The van der Waals surface area contributed by atoms with Crippen LogP contribution in [0, 0.1) is 5.92 Å². The molecule has 1 aromatic carbocycles. The van der Waals surface area contributed by atoms with Gasteiger partial charge in [-0.2, -0.15) is 0 Å². The van der Waals surface area contributed by atoms with Crippen LogP contribution in [0.1, 0.15) is 50.7 Å². The highest BCUT2D eigenvalue weighted by molar-refractivity contribution is 7.90. The van der Waals surface area contributed by atoms with Gasteiger partial charge in [0.05, 0.1) is 5.25 Å². The molecule has 1 aliphatic rings. The Morgan fingerprint density at radius 1 is 0.964 bits per heavy atom.